The van der Waals surface area contributed by atoms with Crippen LogP contribution in [0.2, 0.25) is 0 Å². The van der Waals surface area contributed by atoms with Gasteiger partial charge in [-0.2, -0.15) is 4.37 Å². The van der Waals surface area contributed by atoms with E-state index < -0.39 is 0 Å². The molecular weight excluding hydrogens is 699 g/mol. The molecule has 0 amide bonds. The van der Waals surface area contributed by atoms with Gasteiger partial charge in [0.1, 0.15) is 0 Å². The van der Waals surface area contributed by atoms with Crippen LogP contribution < -0.4 is 16.9 Å². The number of rotatable bonds is 4. The molecule has 0 unspecified atom stereocenters. The highest BCUT2D eigenvalue weighted by molar-refractivity contribution is 9.10. The Kier molecular flexibility index (Phi) is 11.2. The molecule has 48 heavy (non-hydrogen) atoms. The molecular formula is C38H40BBrN4O2S2. The first kappa shape index (κ1) is 35.5. The molecule has 0 atom stereocenters. The second-order valence-corrected chi connectivity index (χ2v) is 15.4. The molecule has 0 bridgehead atoms. The van der Waals surface area contributed by atoms with Crippen molar-refractivity contribution < 1.29 is 9.31 Å². The zero-order valence-corrected chi connectivity index (χ0v) is 31.2. The molecule has 6 nitrogen and oxygen atoms in total. The Bertz CT molecular complexity index is 1930. The number of hydrogen-bond donors (Lipinski definition) is 2. The van der Waals surface area contributed by atoms with Crippen LogP contribution in [0.25, 0.3) is 33.4 Å². The predicted molar refractivity (Wildman–Crippen MR) is 209 cm³/mol. The molecule has 6 aromatic rings. The van der Waals surface area contributed by atoms with Crippen molar-refractivity contribution >= 4 is 63.0 Å². The molecule has 1 aliphatic rings. The van der Waals surface area contributed by atoms with Crippen molar-refractivity contribution in [2.75, 3.05) is 11.5 Å². The summed E-state index contributed by atoms with van der Waals surface area (Å²) in [6.07, 6.45) is 3.71. The van der Waals surface area contributed by atoms with Gasteiger partial charge in [-0.15, -0.1) is 0 Å². The molecule has 1 saturated heterocycles. The number of nitrogens with zero attached hydrogens (tertiary/aromatic N) is 2. The van der Waals surface area contributed by atoms with Gasteiger partial charge in [0.25, 0.3) is 0 Å². The summed E-state index contributed by atoms with van der Waals surface area (Å²) in [6.45, 7) is 12.3. The first-order chi connectivity index (χ1) is 22.9. The summed E-state index contributed by atoms with van der Waals surface area (Å²) >= 11 is 6.34. The van der Waals surface area contributed by atoms with Gasteiger partial charge in [-0.25, -0.2) is 4.37 Å². The second kappa shape index (κ2) is 15.2. The van der Waals surface area contributed by atoms with Crippen molar-refractivity contribution in [3.63, 3.8) is 0 Å². The van der Waals surface area contributed by atoms with Gasteiger partial charge in [0.05, 0.1) is 21.9 Å². The van der Waals surface area contributed by atoms with E-state index in [-0.39, 0.29) is 18.3 Å². The third-order valence-electron chi connectivity index (χ3n) is 8.58. The maximum absolute atomic E-state index is 6.25. The Balaban J connectivity index is 0.000000158. The molecule has 0 spiro atoms. The average molecular weight is 740 g/mol. The Morgan fingerprint density at radius 3 is 1.52 bits per heavy atom. The standard InChI is InChI=1S/C18H22BNO2.C16H14N2S.C4H4BrNS/c1-17(2)18(3,4)22-19(21-17)14-10-11-15(16(20)12-14)13-8-6-5-7-9-13;1-11-15(10-18-19-11)13-7-8-14(16(17)9-13)12-5-3-2-4-6-12;1-3-4(5)2-6-7-3/h5-12H,20H2,1-4H3;2-10H,17H2,1H3;2H,1H3. The number of hydrogen-bond acceptors (Lipinski definition) is 8. The van der Waals surface area contributed by atoms with E-state index in [4.69, 9.17) is 20.8 Å². The van der Waals surface area contributed by atoms with Gasteiger partial charge < -0.3 is 20.8 Å². The molecule has 0 aliphatic carbocycles. The molecule has 0 saturated carbocycles. The number of halogens is 1. The van der Waals surface area contributed by atoms with Crippen LogP contribution in [0, 0.1) is 13.8 Å². The molecule has 1 fully saturated rings. The number of benzene rings is 4. The fraction of sp³-hybridized carbons (Fsp3) is 0.211. The second-order valence-electron chi connectivity index (χ2n) is 12.5. The summed E-state index contributed by atoms with van der Waals surface area (Å²) in [4.78, 5) is 2.45. The highest BCUT2D eigenvalue weighted by Gasteiger charge is 2.51. The minimum absolute atomic E-state index is 0.343. The van der Waals surface area contributed by atoms with E-state index in [1.54, 1.807) is 6.20 Å². The van der Waals surface area contributed by atoms with Crippen molar-refractivity contribution in [2.24, 2.45) is 0 Å². The lowest BCUT2D eigenvalue weighted by Crippen LogP contribution is -2.41. The van der Waals surface area contributed by atoms with E-state index in [0.717, 1.165) is 54.7 Å². The van der Waals surface area contributed by atoms with Crippen molar-refractivity contribution in [3.8, 4) is 33.4 Å². The van der Waals surface area contributed by atoms with E-state index in [9.17, 15) is 0 Å². The minimum Gasteiger partial charge on any atom is -0.399 e. The highest BCUT2D eigenvalue weighted by Crippen LogP contribution is 2.37. The predicted octanol–water partition coefficient (Wildman–Crippen LogP) is 9.82. The molecule has 2 aromatic heterocycles. The van der Waals surface area contributed by atoms with Crippen molar-refractivity contribution in [1.82, 2.24) is 8.75 Å². The summed E-state index contributed by atoms with van der Waals surface area (Å²) in [5.41, 5.74) is 20.9. The Morgan fingerprint density at radius 2 is 1.10 bits per heavy atom. The van der Waals surface area contributed by atoms with Crippen LogP contribution in [0.4, 0.5) is 11.4 Å². The van der Waals surface area contributed by atoms with Gasteiger partial charge in [-0.1, -0.05) is 84.9 Å². The third-order valence-corrected chi connectivity index (χ3v) is 11.0. The molecule has 246 valence electrons. The number of aryl methyl sites for hydroxylation is 2. The largest absolute Gasteiger partial charge is 0.494 e. The van der Waals surface area contributed by atoms with Gasteiger partial charge in [0, 0.05) is 44.0 Å². The molecule has 4 aromatic carbocycles. The first-order valence-electron chi connectivity index (χ1n) is 15.6. The van der Waals surface area contributed by atoms with Gasteiger partial charge >= 0.3 is 7.12 Å². The van der Waals surface area contributed by atoms with Crippen LogP contribution in [0.5, 0.6) is 0 Å². The Labute approximate surface area is 300 Å². The molecule has 0 radical (unpaired) electrons. The average Bonchev–Trinajstić information content (AvgIpc) is 3.73. The lowest BCUT2D eigenvalue weighted by atomic mass is 9.78. The fourth-order valence-electron chi connectivity index (χ4n) is 5.06. The van der Waals surface area contributed by atoms with Crippen molar-refractivity contribution in [3.05, 3.63) is 124 Å². The van der Waals surface area contributed by atoms with Crippen LogP contribution in [0.1, 0.15) is 37.4 Å². The van der Waals surface area contributed by atoms with Crippen LogP contribution in [-0.4, -0.2) is 27.1 Å². The van der Waals surface area contributed by atoms with E-state index in [2.05, 4.69) is 95.7 Å². The maximum atomic E-state index is 6.25. The van der Waals surface area contributed by atoms with Gasteiger partial charge in [-0.05, 0) is 115 Å². The van der Waals surface area contributed by atoms with Crippen LogP contribution in [-0.2, 0) is 9.31 Å². The lowest BCUT2D eigenvalue weighted by Gasteiger charge is -2.32. The Morgan fingerprint density at radius 1 is 0.604 bits per heavy atom. The summed E-state index contributed by atoms with van der Waals surface area (Å²) in [5.74, 6) is 0. The van der Waals surface area contributed by atoms with Gasteiger partial charge in [0.2, 0.25) is 0 Å². The summed E-state index contributed by atoms with van der Waals surface area (Å²) in [5, 5.41) is 0. The number of nitrogen functional groups attached to an aromatic ring is 2. The fourth-order valence-corrected chi connectivity index (χ4v) is 6.56. The quantitative estimate of drug-likeness (QED) is 0.138. The molecule has 4 N–H and O–H groups in total. The first-order valence-corrected chi connectivity index (χ1v) is 17.9. The lowest BCUT2D eigenvalue weighted by molar-refractivity contribution is 0.00578. The van der Waals surface area contributed by atoms with Gasteiger partial charge in [-0.3, -0.25) is 0 Å². The number of nitrogens with two attached hydrogens (primary N) is 2. The van der Waals surface area contributed by atoms with Gasteiger partial charge in [0.15, 0.2) is 0 Å². The van der Waals surface area contributed by atoms with Crippen molar-refractivity contribution in [1.29, 1.82) is 0 Å². The van der Waals surface area contributed by atoms with Crippen LogP contribution in [0.3, 0.4) is 0 Å². The smallest absolute Gasteiger partial charge is 0.399 e. The topological polar surface area (TPSA) is 96.3 Å². The number of aromatic nitrogens is 2. The molecule has 10 heteroatoms. The normalized spacial score (nSPS) is 14.4. The van der Waals surface area contributed by atoms with E-state index >= 15 is 0 Å². The highest BCUT2D eigenvalue weighted by atomic mass is 79.9. The van der Waals surface area contributed by atoms with E-state index in [1.807, 2.05) is 73.8 Å². The van der Waals surface area contributed by atoms with E-state index in [1.165, 1.54) is 32.8 Å². The molecule has 7 rings (SSSR count). The molecule has 1 aliphatic heterocycles. The van der Waals surface area contributed by atoms with E-state index in [0.29, 0.717) is 0 Å². The monoisotopic (exact) mass is 738 g/mol. The SMILES string of the molecule is CC1(C)OB(c2ccc(-c3ccccc3)c(N)c2)OC1(C)C.Cc1sncc1-c1ccc(-c2ccccc2)c(N)c1.Cc1sncc1Br. The minimum atomic E-state index is -0.378. The summed E-state index contributed by atoms with van der Waals surface area (Å²) in [7, 11) is -0.378. The molecule has 3 heterocycles. The van der Waals surface area contributed by atoms with Crippen LogP contribution in [0.15, 0.2) is 114 Å². The zero-order valence-electron chi connectivity index (χ0n) is 28.0. The van der Waals surface area contributed by atoms with Crippen molar-refractivity contribution in [2.45, 2.75) is 52.7 Å². The summed E-state index contributed by atoms with van der Waals surface area (Å²) in [6, 6.07) is 32.6. The van der Waals surface area contributed by atoms with Crippen LogP contribution >= 0.6 is 39.0 Å². The Hall–Kier alpha value is -3.80. The zero-order chi connectivity index (χ0) is 34.5. The third kappa shape index (κ3) is 8.25. The number of anilines is 2. The summed E-state index contributed by atoms with van der Waals surface area (Å²) < 4.78 is 21.4. The maximum Gasteiger partial charge on any atom is 0.494 e.